The SMILES string of the molecule is COc1ccc(CNC(=O)CO/N=C(/N)C2CCCC2)cc1OC. The lowest BCUT2D eigenvalue weighted by molar-refractivity contribution is -0.125. The van der Waals surface area contributed by atoms with Crippen LogP contribution >= 0.6 is 0 Å². The van der Waals surface area contributed by atoms with E-state index in [0.717, 1.165) is 18.4 Å². The van der Waals surface area contributed by atoms with Crippen molar-refractivity contribution in [2.24, 2.45) is 16.8 Å². The lowest BCUT2D eigenvalue weighted by Gasteiger charge is -2.10. The van der Waals surface area contributed by atoms with Crippen molar-refractivity contribution >= 4 is 11.7 Å². The average molecular weight is 335 g/mol. The number of amides is 1. The Bertz CT molecular complexity index is 583. The number of carbonyl (C=O) groups is 1. The van der Waals surface area contributed by atoms with Gasteiger partial charge in [-0.2, -0.15) is 0 Å². The highest BCUT2D eigenvalue weighted by molar-refractivity contribution is 5.82. The second-order valence-electron chi connectivity index (χ2n) is 5.74. The fourth-order valence-corrected chi connectivity index (χ4v) is 2.70. The molecule has 0 heterocycles. The van der Waals surface area contributed by atoms with Crippen molar-refractivity contribution < 1.29 is 19.1 Å². The summed E-state index contributed by atoms with van der Waals surface area (Å²) < 4.78 is 10.4. The van der Waals surface area contributed by atoms with Crippen LogP contribution in [0.5, 0.6) is 11.5 Å². The highest BCUT2D eigenvalue weighted by Gasteiger charge is 2.19. The summed E-state index contributed by atoms with van der Waals surface area (Å²) in [4.78, 5) is 16.8. The molecule has 1 aliphatic carbocycles. The first kappa shape index (κ1) is 17.9. The van der Waals surface area contributed by atoms with Crippen LogP contribution in [0.2, 0.25) is 0 Å². The minimum atomic E-state index is -0.257. The molecule has 1 aromatic rings. The number of benzene rings is 1. The molecule has 1 aromatic carbocycles. The summed E-state index contributed by atoms with van der Waals surface area (Å²) in [6.07, 6.45) is 4.44. The topological polar surface area (TPSA) is 95.2 Å². The van der Waals surface area contributed by atoms with Crippen molar-refractivity contribution in [3.8, 4) is 11.5 Å². The van der Waals surface area contributed by atoms with Crippen molar-refractivity contribution in [1.82, 2.24) is 5.32 Å². The third-order valence-corrected chi connectivity index (χ3v) is 4.08. The molecule has 2 rings (SSSR count). The number of rotatable bonds is 8. The van der Waals surface area contributed by atoms with E-state index in [4.69, 9.17) is 20.0 Å². The number of hydrogen-bond acceptors (Lipinski definition) is 5. The molecule has 0 aromatic heterocycles. The third-order valence-electron chi connectivity index (χ3n) is 4.08. The number of amidine groups is 1. The minimum Gasteiger partial charge on any atom is -0.493 e. The van der Waals surface area contributed by atoms with Crippen LogP contribution in [0.25, 0.3) is 0 Å². The number of hydrogen-bond donors (Lipinski definition) is 2. The van der Waals surface area contributed by atoms with E-state index >= 15 is 0 Å². The molecule has 0 aliphatic heterocycles. The molecule has 1 aliphatic rings. The standard InChI is InChI=1S/C17H25N3O4/c1-22-14-8-7-12(9-15(14)23-2)10-19-16(21)11-24-20-17(18)13-5-3-4-6-13/h7-9,13H,3-6,10-11H2,1-2H3,(H2,18,20)(H,19,21). The van der Waals surface area contributed by atoms with Gasteiger partial charge in [0.15, 0.2) is 18.1 Å². The maximum Gasteiger partial charge on any atom is 0.261 e. The molecule has 24 heavy (non-hydrogen) atoms. The molecule has 0 saturated heterocycles. The lowest BCUT2D eigenvalue weighted by atomic mass is 10.1. The number of nitrogens with two attached hydrogens (primary N) is 1. The van der Waals surface area contributed by atoms with E-state index in [1.165, 1.54) is 12.8 Å². The zero-order valence-electron chi connectivity index (χ0n) is 14.2. The number of nitrogens with one attached hydrogen (secondary N) is 1. The minimum absolute atomic E-state index is 0.152. The van der Waals surface area contributed by atoms with Gasteiger partial charge < -0.3 is 25.4 Å². The van der Waals surface area contributed by atoms with Crippen LogP contribution in [-0.2, 0) is 16.2 Å². The molecule has 7 nitrogen and oxygen atoms in total. The van der Waals surface area contributed by atoms with Crippen molar-refractivity contribution in [2.45, 2.75) is 32.2 Å². The van der Waals surface area contributed by atoms with Crippen LogP contribution < -0.4 is 20.5 Å². The Hall–Kier alpha value is -2.44. The van der Waals surface area contributed by atoms with Gasteiger partial charge in [-0.3, -0.25) is 4.79 Å². The predicted molar refractivity (Wildman–Crippen MR) is 90.9 cm³/mol. The highest BCUT2D eigenvalue weighted by atomic mass is 16.6. The van der Waals surface area contributed by atoms with Gasteiger partial charge in [0.05, 0.1) is 14.2 Å². The number of nitrogens with zero attached hydrogens (tertiary/aromatic N) is 1. The first-order chi connectivity index (χ1) is 11.6. The van der Waals surface area contributed by atoms with E-state index in [2.05, 4.69) is 10.5 Å². The van der Waals surface area contributed by atoms with Crippen molar-refractivity contribution in [3.05, 3.63) is 23.8 Å². The molecule has 0 atom stereocenters. The molecule has 0 spiro atoms. The Labute approximate surface area is 142 Å². The largest absolute Gasteiger partial charge is 0.493 e. The van der Waals surface area contributed by atoms with Crippen LogP contribution in [0.1, 0.15) is 31.2 Å². The van der Waals surface area contributed by atoms with E-state index < -0.39 is 0 Å². The molecular weight excluding hydrogens is 310 g/mol. The Balaban J connectivity index is 1.75. The van der Waals surface area contributed by atoms with Crippen LogP contribution in [0, 0.1) is 5.92 Å². The summed E-state index contributed by atoms with van der Waals surface area (Å²) in [5.41, 5.74) is 6.76. The molecule has 1 amide bonds. The Kier molecular flexibility index (Phi) is 6.72. The van der Waals surface area contributed by atoms with Crippen LogP contribution in [-0.4, -0.2) is 32.6 Å². The fourth-order valence-electron chi connectivity index (χ4n) is 2.70. The van der Waals surface area contributed by atoms with E-state index in [0.29, 0.717) is 29.8 Å². The molecule has 3 N–H and O–H groups in total. The second-order valence-corrected chi connectivity index (χ2v) is 5.74. The molecule has 132 valence electrons. The van der Waals surface area contributed by atoms with Gasteiger partial charge >= 0.3 is 0 Å². The smallest absolute Gasteiger partial charge is 0.261 e. The first-order valence-corrected chi connectivity index (χ1v) is 8.07. The maximum absolute atomic E-state index is 11.8. The van der Waals surface area contributed by atoms with Gasteiger partial charge in [-0.1, -0.05) is 24.1 Å². The van der Waals surface area contributed by atoms with Gasteiger partial charge in [-0.05, 0) is 30.5 Å². The maximum atomic E-state index is 11.8. The summed E-state index contributed by atoms with van der Waals surface area (Å²) in [5.74, 6) is 1.79. The van der Waals surface area contributed by atoms with Gasteiger partial charge in [0.1, 0.15) is 5.84 Å². The van der Waals surface area contributed by atoms with Crippen molar-refractivity contribution in [3.63, 3.8) is 0 Å². The molecule has 7 heteroatoms. The first-order valence-electron chi connectivity index (χ1n) is 8.07. The monoisotopic (exact) mass is 335 g/mol. The Morgan fingerprint density at radius 1 is 1.25 bits per heavy atom. The fraction of sp³-hybridized carbons (Fsp3) is 0.529. The Morgan fingerprint density at radius 2 is 1.96 bits per heavy atom. The lowest BCUT2D eigenvalue weighted by Crippen LogP contribution is -2.27. The summed E-state index contributed by atoms with van der Waals surface area (Å²) >= 11 is 0. The predicted octanol–water partition coefficient (Wildman–Crippen LogP) is 1.80. The van der Waals surface area contributed by atoms with Gasteiger partial charge in [-0.25, -0.2) is 0 Å². The summed E-state index contributed by atoms with van der Waals surface area (Å²) in [6.45, 7) is 0.213. The van der Waals surface area contributed by atoms with Crippen molar-refractivity contribution in [1.29, 1.82) is 0 Å². The number of carbonyl (C=O) groups excluding carboxylic acids is 1. The highest BCUT2D eigenvalue weighted by Crippen LogP contribution is 2.27. The molecule has 0 bridgehead atoms. The van der Waals surface area contributed by atoms with E-state index in [-0.39, 0.29) is 12.5 Å². The van der Waals surface area contributed by atoms with E-state index in [1.54, 1.807) is 20.3 Å². The summed E-state index contributed by atoms with van der Waals surface area (Å²) in [6, 6.07) is 5.47. The van der Waals surface area contributed by atoms with Crippen LogP contribution in [0.4, 0.5) is 0 Å². The zero-order valence-corrected chi connectivity index (χ0v) is 14.2. The Morgan fingerprint density at radius 3 is 2.62 bits per heavy atom. The number of methoxy groups -OCH3 is 2. The van der Waals surface area contributed by atoms with Crippen molar-refractivity contribution in [2.75, 3.05) is 20.8 Å². The zero-order chi connectivity index (χ0) is 17.4. The summed E-state index contributed by atoms with van der Waals surface area (Å²) in [5, 5.41) is 6.61. The molecule has 1 saturated carbocycles. The van der Waals surface area contributed by atoms with Gasteiger partial charge in [0.2, 0.25) is 0 Å². The quantitative estimate of drug-likeness (QED) is 0.429. The van der Waals surface area contributed by atoms with Crippen LogP contribution in [0.15, 0.2) is 23.4 Å². The van der Waals surface area contributed by atoms with Gasteiger partial charge in [0, 0.05) is 12.5 Å². The molecule has 1 fully saturated rings. The average Bonchev–Trinajstić information content (AvgIpc) is 3.14. The van der Waals surface area contributed by atoms with E-state index in [1.807, 2.05) is 12.1 Å². The normalized spacial score (nSPS) is 15.2. The van der Waals surface area contributed by atoms with Gasteiger partial charge in [-0.15, -0.1) is 0 Å². The second kappa shape index (κ2) is 9.00. The van der Waals surface area contributed by atoms with Gasteiger partial charge in [0.25, 0.3) is 5.91 Å². The summed E-state index contributed by atoms with van der Waals surface area (Å²) in [7, 11) is 3.15. The molecule has 0 unspecified atom stereocenters. The van der Waals surface area contributed by atoms with Crippen LogP contribution in [0.3, 0.4) is 0 Å². The number of ether oxygens (including phenoxy) is 2. The third kappa shape index (κ3) is 5.04. The molecular formula is C17H25N3O4. The van der Waals surface area contributed by atoms with E-state index in [9.17, 15) is 4.79 Å². The molecule has 0 radical (unpaired) electrons. The number of oxime groups is 1.